The molecule has 8 nitrogen and oxygen atoms in total. The zero-order valence-corrected chi connectivity index (χ0v) is 13.2. The lowest BCUT2D eigenvalue weighted by molar-refractivity contribution is -0.179. The molecule has 0 aliphatic rings. The molecule has 0 aromatic carbocycles. The molecule has 0 rings (SSSR count). The van der Waals surface area contributed by atoms with E-state index in [9.17, 15) is 24.9 Å². The first-order chi connectivity index (χ1) is 10.2. The standard InChI is InChI=1S/C14H26O8/c1-4-21-12(19)14(6-10(17)8-15,13(20)22-5-2)7-11(18)9(3)16/h9-11,15-18H,4-8H2,1-3H3. The topological polar surface area (TPSA) is 134 Å². The number of carbonyl (C=O) groups excluding carboxylic acids is 2. The lowest BCUT2D eigenvalue weighted by Gasteiger charge is -2.32. The second kappa shape index (κ2) is 9.73. The quantitative estimate of drug-likeness (QED) is 0.296. The van der Waals surface area contributed by atoms with E-state index in [-0.39, 0.29) is 13.2 Å². The van der Waals surface area contributed by atoms with Crippen LogP contribution < -0.4 is 0 Å². The van der Waals surface area contributed by atoms with Crippen molar-refractivity contribution in [3.63, 3.8) is 0 Å². The molecule has 0 heterocycles. The summed E-state index contributed by atoms with van der Waals surface area (Å²) in [6.07, 6.45) is -4.95. The summed E-state index contributed by atoms with van der Waals surface area (Å²) in [5, 5.41) is 38.0. The molecule has 3 unspecified atom stereocenters. The highest BCUT2D eigenvalue weighted by Gasteiger charge is 2.51. The van der Waals surface area contributed by atoms with Crippen LogP contribution in [0, 0.1) is 5.41 Å². The minimum Gasteiger partial charge on any atom is -0.465 e. The number of rotatable bonds is 10. The molecule has 0 aliphatic carbocycles. The Morgan fingerprint density at radius 3 is 1.77 bits per heavy atom. The van der Waals surface area contributed by atoms with Crippen LogP contribution in [0.1, 0.15) is 33.6 Å². The molecule has 22 heavy (non-hydrogen) atoms. The maximum absolute atomic E-state index is 12.3. The number of hydrogen-bond acceptors (Lipinski definition) is 8. The average Bonchev–Trinajstić information content (AvgIpc) is 2.46. The van der Waals surface area contributed by atoms with Gasteiger partial charge in [-0.05, 0) is 20.8 Å². The molecule has 0 amide bonds. The van der Waals surface area contributed by atoms with Gasteiger partial charge in [0.2, 0.25) is 0 Å². The van der Waals surface area contributed by atoms with Crippen LogP contribution in [0.3, 0.4) is 0 Å². The first-order valence-corrected chi connectivity index (χ1v) is 7.24. The summed E-state index contributed by atoms with van der Waals surface area (Å²) in [6.45, 7) is 3.68. The minimum absolute atomic E-state index is 0.0139. The van der Waals surface area contributed by atoms with Gasteiger partial charge in [0.15, 0.2) is 5.41 Å². The van der Waals surface area contributed by atoms with Crippen molar-refractivity contribution in [3.8, 4) is 0 Å². The Bertz CT molecular complexity index is 337. The Labute approximate surface area is 129 Å². The number of esters is 2. The van der Waals surface area contributed by atoms with Crippen molar-refractivity contribution in [2.24, 2.45) is 5.41 Å². The number of aliphatic hydroxyl groups is 4. The van der Waals surface area contributed by atoms with Crippen LogP contribution in [0.25, 0.3) is 0 Å². The summed E-state index contributed by atoms with van der Waals surface area (Å²) in [7, 11) is 0. The molecule has 0 saturated heterocycles. The van der Waals surface area contributed by atoms with E-state index >= 15 is 0 Å². The highest BCUT2D eigenvalue weighted by molar-refractivity contribution is 6.00. The molecule has 0 aromatic rings. The minimum atomic E-state index is -2.00. The van der Waals surface area contributed by atoms with E-state index in [2.05, 4.69) is 0 Å². The molecule has 3 atom stereocenters. The van der Waals surface area contributed by atoms with E-state index in [1.807, 2.05) is 0 Å². The van der Waals surface area contributed by atoms with Crippen molar-refractivity contribution in [2.45, 2.75) is 51.9 Å². The first kappa shape index (κ1) is 20.8. The van der Waals surface area contributed by atoms with E-state index in [4.69, 9.17) is 14.6 Å². The van der Waals surface area contributed by atoms with Gasteiger partial charge in [-0.25, -0.2) is 0 Å². The normalized spacial score (nSPS) is 15.8. The van der Waals surface area contributed by atoms with Crippen LogP contribution in [0.4, 0.5) is 0 Å². The van der Waals surface area contributed by atoms with Gasteiger partial charge in [-0.2, -0.15) is 0 Å². The van der Waals surface area contributed by atoms with Crippen LogP contribution >= 0.6 is 0 Å². The largest absolute Gasteiger partial charge is 0.465 e. The summed E-state index contributed by atoms with van der Waals surface area (Å²) >= 11 is 0. The third-order valence-electron chi connectivity index (χ3n) is 3.24. The smallest absolute Gasteiger partial charge is 0.323 e. The van der Waals surface area contributed by atoms with Gasteiger partial charge in [0.1, 0.15) is 0 Å². The molecule has 0 aliphatic heterocycles. The zero-order valence-electron chi connectivity index (χ0n) is 13.2. The number of carbonyl (C=O) groups is 2. The SMILES string of the molecule is CCOC(=O)C(CC(O)CO)(CC(O)C(C)O)C(=O)OCC. The van der Waals surface area contributed by atoms with Crippen LogP contribution in [0.2, 0.25) is 0 Å². The fourth-order valence-corrected chi connectivity index (χ4v) is 2.03. The van der Waals surface area contributed by atoms with Crippen molar-refractivity contribution >= 4 is 11.9 Å². The number of ether oxygens (including phenoxy) is 2. The monoisotopic (exact) mass is 322 g/mol. The molecule has 0 fully saturated rings. The number of aliphatic hydroxyl groups excluding tert-OH is 4. The van der Waals surface area contributed by atoms with E-state index < -0.39 is 55.1 Å². The van der Waals surface area contributed by atoms with Gasteiger partial charge in [-0.1, -0.05) is 0 Å². The Hall–Kier alpha value is -1.22. The van der Waals surface area contributed by atoms with Crippen LogP contribution in [-0.2, 0) is 19.1 Å². The molecular formula is C14H26O8. The predicted molar refractivity (Wildman–Crippen MR) is 75.7 cm³/mol. The lowest BCUT2D eigenvalue weighted by atomic mass is 9.76. The second-order valence-corrected chi connectivity index (χ2v) is 5.08. The summed E-state index contributed by atoms with van der Waals surface area (Å²) in [5.41, 5.74) is -2.00. The first-order valence-electron chi connectivity index (χ1n) is 7.24. The molecule has 0 saturated carbocycles. The van der Waals surface area contributed by atoms with Gasteiger partial charge >= 0.3 is 11.9 Å². The van der Waals surface area contributed by atoms with E-state index in [0.717, 1.165) is 0 Å². The molecule has 0 bridgehead atoms. The Morgan fingerprint density at radius 1 is 1.00 bits per heavy atom. The lowest BCUT2D eigenvalue weighted by Crippen LogP contribution is -2.48. The highest BCUT2D eigenvalue weighted by Crippen LogP contribution is 2.34. The molecular weight excluding hydrogens is 296 g/mol. The van der Waals surface area contributed by atoms with E-state index in [0.29, 0.717) is 0 Å². The van der Waals surface area contributed by atoms with Gasteiger partial charge in [0.05, 0.1) is 38.1 Å². The molecule has 8 heteroatoms. The molecule has 0 radical (unpaired) electrons. The fourth-order valence-electron chi connectivity index (χ4n) is 2.03. The molecule has 0 spiro atoms. The van der Waals surface area contributed by atoms with Gasteiger partial charge in [-0.3, -0.25) is 9.59 Å². The van der Waals surface area contributed by atoms with Gasteiger partial charge in [-0.15, -0.1) is 0 Å². The Morgan fingerprint density at radius 2 is 1.45 bits per heavy atom. The summed E-state index contributed by atoms with van der Waals surface area (Å²) in [6, 6.07) is 0. The number of hydrogen-bond donors (Lipinski definition) is 4. The van der Waals surface area contributed by atoms with Crippen LogP contribution in [0.15, 0.2) is 0 Å². The predicted octanol–water partition coefficient (Wildman–Crippen LogP) is -1.03. The van der Waals surface area contributed by atoms with Crippen molar-refractivity contribution < 1.29 is 39.5 Å². The Balaban J connectivity index is 5.67. The summed E-state index contributed by atoms with van der Waals surface area (Å²) in [5.74, 6) is -1.94. The highest BCUT2D eigenvalue weighted by atomic mass is 16.6. The van der Waals surface area contributed by atoms with Crippen LogP contribution in [-0.4, -0.2) is 70.5 Å². The van der Waals surface area contributed by atoms with Crippen LogP contribution in [0.5, 0.6) is 0 Å². The van der Waals surface area contributed by atoms with E-state index in [1.54, 1.807) is 13.8 Å². The maximum atomic E-state index is 12.3. The molecule has 4 N–H and O–H groups in total. The van der Waals surface area contributed by atoms with Crippen molar-refractivity contribution in [1.29, 1.82) is 0 Å². The summed E-state index contributed by atoms with van der Waals surface area (Å²) < 4.78 is 9.75. The van der Waals surface area contributed by atoms with E-state index in [1.165, 1.54) is 6.92 Å². The summed E-state index contributed by atoms with van der Waals surface area (Å²) in [4.78, 5) is 24.6. The third kappa shape index (κ3) is 5.53. The zero-order chi connectivity index (χ0) is 17.3. The average molecular weight is 322 g/mol. The Kier molecular flexibility index (Phi) is 9.19. The fraction of sp³-hybridized carbons (Fsp3) is 0.857. The van der Waals surface area contributed by atoms with Gasteiger partial charge < -0.3 is 29.9 Å². The van der Waals surface area contributed by atoms with Crippen molar-refractivity contribution in [3.05, 3.63) is 0 Å². The van der Waals surface area contributed by atoms with Crippen molar-refractivity contribution in [1.82, 2.24) is 0 Å². The molecule has 130 valence electrons. The van der Waals surface area contributed by atoms with Gasteiger partial charge in [0, 0.05) is 12.8 Å². The third-order valence-corrected chi connectivity index (χ3v) is 3.24. The molecule has 0 aromatic heterocycles. The van der Waals surface area contributed by atoms with Crippen molar-refractivity contribution in [2.75, 3.05) is 19.8 Å². The van der Waals surface area contributed by atoms with Gasteiger partial charge in [0.25, 0.3) is 0 Å². The second-order valence-electron chi connectivity index (χ2n) is 5.08. The maximum Gasteiger partial charge on any atom is 0.323 e.